The predicted molar refractivity (Wildman–Crippen MR) is 66.3 cm³/mol. The predicted octanol–water partition coefficient (Wildman–Crippen LogP) is -0.0931. The Hall–Kier alpha value is -2.26. The fourth-order valence-electron chi connectivity index (χ4n) is 1.25. The minimum absolute atomic E-state index is 0.269. The Balaban J connectivity index is 2.99. The molecular weight excluding hydrogens is 294 g/mol. The number of pyridine rings is 1. The Bertz CT molecular complexity index is 550. The number of aromatic nitrogens is 1. The zero-order chi connectivity index (χ0) is 15.3. The SMILES string of the molecule is COC(=O)C(CO)NC(=O)c1cc([N+](=O)[O-])cnc1Cl. The third-order valence-corrected chi connectivity index (χ3v) is 2.55. The van der Waals surface area contributed by atoms with Gasteiger partial charge in [0.1, 0.15) is 11.3 Å². The van der Waals surface area contributed by atoms with Crippen molar-refractivity contribution < 1.29 is 24.4 Å². The van der Waals surface area contributed by atoms with Crippen molar-refractivity contribution in [2.45, 2.75) is 6.04 Å². The van der Waals surface area contributed by atoms with E-state index in [0.29, 0.717) is 0 Å². The number of halogens is 1. The van der Waals surface area contributed by atoms with Gasteiger partial charge in [-0.15, -0.1) is 0 Å². The Morgan fingerprint density at radius 3 is 2.80 bits per heavy atom. The van der Waals surface area contributed by atoms with E-state index >= 15 is 0 Å². The number of methoxy groups -OCH3 is 1. The second-order valence-corrected chi connectivity index (χ2v) is 3.88. The molecule has 1 rings (SSSR count). The zero-order valence-corrected chi connectivity index (χ0v) is 11.0. The van der Waals surface area contributed by atoms with E-state index in [4.69, 9.17) is 16.7 Å². The largest absolute Gasteiger partial charge is 0.467 e. The van der Waals surface area contributed by atoms with Crippen LogP contribution < -0.4 is 5.32 Å². The average molecular weight is 304 g/mol. The Kier molecular flexibility index (Phi) is 5.35. The summed E-state index contributed by atoms with van der Waals surface area (Å²) in [5.74, 6) is -1.76. The van der Waals surface area contributed by atoms with Gasteiger partial charge in [0.25, 0.3) is 11.6 Å². The second kappa shape index (κ2) is 6.78. The second-order valence-electron chi connectivity index (χ2n) is 3.52. The van der Waals surface area contributed by atoms with Crippen molar-refractivity contribution in [1.29, 1.82) is 0 Å². The number of ether oxygens (including phenoxy) is 1. The fourth-order valence-corrected chi connectivity index (χ4v) is 1.44. The lowest BCUT2D eigenvalue weighted by Gasteiger charge is -2.13. The first-order chi connectivity index (χ1) is 9.40. The van der Waals surface area contributed by atoms with Crippen molar-refractivity contribution in [1.82, 2.24) is 10.3 Å². The summed E-state index contributed by atoms with van der Waals surface area (Å²) in [6, 6.07) is -0.390. The molecule has 0 spiro atoms. The number of rotatable bonds is 5. The fraction of sp³-hybridized carbons (Fsp3) is 0.300. The van der Waals surface area contributed by atoms with Gasteiger partial charge >= 0.3 is 5.97 Å². The standard InChI is InChI=1S/C10H10ClN3O6/c1-20-10(17)7(4-15)13-9(16)6-2-5(14(18)19)3-12-8(6)11/h2-3,7,15H,4H2,1H3,(H,13,16). The van der Waals surface area contributed by atoms with Crippen molar-refractivity contribution in [3.63, 3.8) is 0 Å². The molecule has 0 saturated carbocycles. The van der Waals surface area contributed by atoms with E-state index < -0.39 is 35.1 Å². The first kappa shape index (κ1) is 15.8. The number of nitrogens with one attached hydrogen (secondary N) is 1. The number of aliphatic hydroxyl groups excluding tert-OH is 1. The average Bonchev–Trinajstić information content (AvgIpc) is 2.43. The molecule has 1 aromatic heterocycles. The summed E-state index contributed by atoms with van der Waals surface area (Å²) >= 11 is 5.66. The van der Waals surface area contributed by atoms with E-state index in [0.717, 1.165) is 19.4 Å². The van der Waals surface area contributed by atoms with Gasteiger partial charge in [0.2, 0.25) is 0 Å². The summed E-state index contributed by atoms with van der Waals surface area (Å²) in [7, 11) is 1.08. The number of nitrogens with zero attached hydrogens (tertiary/aromatic N) is 2. The first-order valence-corrected chi connectivity index (χ1v) is 5.58. The molecule has 0 aliphatic carbocycles. The molecule has 9 nitrogen and oxygen atoms in total. The van der Waals surface area contributed by atoms with Gasteiger partial charge in [0, 0.05) is 6.07 Å². The van der Waals surface area contributed by atoms with Crippen LogP contribution in [0.3, 0.4) is 0 Å². The molecule has 0 fully saturated rings. The van der Waals surface area contributed by atoms with E-state index in [-0.39, 0.29) is 10.7 Å². The van der Waals surface area contributed by atoms with E-state index in [1.165, 1.54) is 0 Å². The van der Waals surface area contributed by atoms with Crippen LogP contribution in [0, 0.1) is 10.1 Å². The molecule has 108 valence electrons. The highest BCUT2D eigenvalue weighted by Crippen LogP contribution is 2.19. The minimum Gasteiger partial charge on any atom is -0.467 e. The molecule has 0 aliphatic rings. The quantitative estimate of drug-likeness (QED) is 0.336. The van der Waals surface area contributed by atoms with Crippen LogP contribution in [0.5, 0.6) is 0 Å². The van der Waals surface area contributed by atoms with Crippen LogP contribution in [0.25, 0.3) is 0 Å². The number of nitro groups is 1. The van der Waals surface area contributed by atoms with Crippen LogP contribution >= 0.6 is 11.6 Å². The molecule has 2 N–H and O–H groups in total. The number of carbonyl (C=O) groups excluding carboxylic acids is 2. The van der Waals surface area contributed by atoms with Crippen LogP contribution in [-0.4, -0.2) is 46.6 Å². The van der Waals surface area contributed by atoms with Gasteiger partial charge in [-0.05, 0) is 0 Å². The smallest absolute Gasteiger partial charge is 0.330 e. The highest BCUT2D eigenvalue weighted by Gasteiger charge is 2.24. The van der Waals surface area contributed by atoms with Gasteiger partial charge in [-0.2, -0.15) is 0 Å². The Labute approximate surface area is 117 Å². The van der Waals surface area contributed by atoms with E-state index in [1.54, 1.807) is 0 Å². The summed E-state index contributed by atoms with van der Waals surface area (Å²) in [5, 5.41) is 21.4. The molecule has 0 bridgehead atoms. The van der Waals surface area contributed by atoms with Crippen molar-refractivity contribution in [3.8, 4) is 0 Å². The Morgan fingerprint density at radius 2 is 2.30 bits per heavy atom. The molecule has 20 heavy (non-hydrogen) atoms. The first-order valence-electron chi connectivity index (χ1n) is 5.20. The summed E-state index contributed by atoms with van der Waals surface area (Å²) < 4.78 is 4.36. The number of amides is 1. The molecule has 0 radical (unpaired) electrons. The topological polar surface area (TPSA) is 132 Å². The molecule has 1 atom stereocenters. The molecule has 0 aliphatic heterocycles. The molecule has 0 saturated heterocycles. The van der Waals surface area contributed by atoms with Crippen LogP contribution in [0.2, 0.25) is 5.15 Å². The highest BCUT2D eigenvalue weighted by atomic mass is 35.5. The Morgan fingerprint density at radius 1 is 1.65 bits per heavy atom. The van der Waals surface area contributed by atoms with Crippen molar-refractivity contribution >= 4 is 29.2 Å². The summed E-state index contributed by atoms with van der Waals surface area (Å²) in [6.45, 7) is -0.696. The molecule has 0 aromatic carbocycles. The van der Waals surface area contributed by atoms with E-state index in [2.05, 4.69) is 15.0 Å². The van der Waals surface area contributed by atoms with Crippen molar-refractivity contribution in [2.24, 2.45) is 0 Å². The van der Waals surface area contributed by atoms with Gasteiger partial charge in [-0.3, -0.25) is 14.9 Å². The summed E-state index contributed by atoms with van der Waals surface area (Å²) in [5.41, 5.74) is -0.721. The maximum Gasteiger partial charge on any atom is 0.330 e. The van der Waals surface area contributed by atoms with Crippen molar-refractivity contribution in [2.75, 3.05) is 13.7 Å². The lowest BCUT2D eigenvalue weighted by Crippen LogP contribution is -2.44. The normalized spacial score (nSPS) is 11.6. The summed E-state index contributed by atoms with van der Waals surface area (Å²) in [4.78, 5) is 36.4. The number of carbonyl (C=O) groups is 2. The maximum atomic E-state index is 11.9. The monoisotopic (exact) mass is 303 g/mol. The lowest BCUT2D eigenvalue weighted by atomic mass is 10.2. The van der Waals surface area contributed by atoms with Gasteiger partial charge in [0.05, 0.1) is 24.2 Å². The maximum absolute atomic E-state index is 11.9. The molecule has 1 aromatic rings. The van der Waals surface area contributed by atoms with Gasteiger partial charge < -0.3 is 15.2 Å². The summed E-state index contributed by atoms with van der Waals surface area (Å²) in [6.07, 6.45) is 0.892. The number of aliphatic hydroxyl groups is 1. The minimum atomic E-state index is -1.30. The third-order valence-electron chi connectivity index (χ3n) is 2.25. The number of hydrogen-bond donors (Lipinski definition) is 2. The van der Waals surface area contributed by atoms with Gasteiger partial charge in [-0.25, -0.2) is 9.78 Å². The molecular formula is C10H10ClN3O6. The lowest BCUT2D eigenvalue weighted by molar-refractivity contribution is -0.385. The zero-order valence-electron chi connectivity index (χ0n) is 10.2. The number of hydrogen-bond acceptors (Lipinski definition) is 7. The van der Waals surface area contributed by atoms with Crippen LogP contribution in [0.4, 0.5) is 5.69 Å². The van der Waals surface area contributed by atoms with Gasteiger partial charge in [0.15, 0.2) is 6.04 Å². The van der Waals surface area contributed by atoms with Crippen molar-refractivity contribution in [3.05, 3.63) is 33.1 Å². The van der Waals surface area contributed by atoms with E-state index in [1.807, 2.05) is 0 Å². The molecule has 1 unspecified atom stereocenters. The molecule has 1 heterocycles. The van der Waals surface area contributed by atoms with E-state index in [9.17, 15) is 19.7 Å². The third kappa shape index (κ3) is 3.62. The molecule has 10 heteroatoms. The van der Waals surface area contributed by atoms with Crippen LogP contribution in [0.1, 0.15) is 10.4 Å². The number of esters is 1. The molecule has 1 amide bonds. The van der Waals surface area contributed by atoms with Gasteiger partial charge in [-0.1, -0.05) is 11.6 Å². The van der Waals surface area contributed by atoms with Crippen LogP contribution in [0.15, 0.2) is 12.3 Å². The van der Waals surface area contributed by atoms with Crippen LogP contribution in [-0.2, 0) is 9.53 Å². The highest BCUT2D eigenvalue weighted by molar-refractivity contribution is 6.32.